The standard InChI is InChI=1S/C21H15Cl2N7O3S/c1-24-19-20(32)26-21(33)29(27-19)12-8-13(22)18(14(23)9-12)30-15-2-3-17(31)28(16(15)10-25-30)11-4-6-34-7-5-11/h2-3,8-11H,4-7H2,(H,26,32,33). The SMILES string of the molecule is [C-]#[N+]c1nn(-c2cc(Cl)c(-n3ncc4c3ccc(=O)n4C3CCSCC3)c(Cl)c2)c(=O)[nH]c1=O. The number of hydrogen-bond donors (Lipinski definition) is 1. The Labute approximate surface area is 205 Å². The zero-order valence-corrected chi connectivity index (χ0v) is 19.7. The maximum Gasteiger partial charge on any atom is 0.365 e. The highest BCUT2D eigenvalue weighted by Crippen LogP contribution is 2.34. The molecule has 172 valence electrons. The molecule has 34 heavy (non-hydrogen) atoms. The fourth-order valence-electron chi connectivity index (χ4n) is 4.05. The van der Waals surface area contributed by atoms with E-state index in [1.165, 1.54) is 18.2 Å². The van der Waals surface area contributed by atoms with Gasteiger partial charge < -0.3 is 9.41 Å². The van der Waals surface area contributed by atoms with Gasteiger partial charge in [0.15, 0.2) is 0 Å². The van der Waals surface area contributed by atoms with Crippen molar-refractivity contribution in [2.24, 2.45) is 0 Å². The van der Waals surface area contributed by atoms with Crippen molar-refractivity contribution in [2.75, 3.05) is 11.5 Å². The van der Waals surface area contributed by atoms with Crippen LogP contribution in [0.2, 0.25) is 10.0 Å². The molecule has 1 N–H and O–H groups in total. The molecule has 5 rings (SSSR count). The van der Waals surface area contributed by atoms with Crippen LogP contribution in [-0.4, -0.2) is 40.6 Å². The van der Waals surface area contributed by atoms with Crippen LogP contribution in [0, 0.1) is 6.57 Å². The van der Waals surface area contributed by atoms with Crippen molar-refractivity contribution in [2.45, 2.75) is 18.9 Å². The smallest absolute Gasteiger partial charge is 0.354 e. The molecular formula is C21H15Cl2N7O3S. The summed E-state index contributed by atoms with van der Waals surface area (Å²) in [4.78, 5) is 41.7. The number of halogens is 2. The Morgan fingerprint density at radius 1 is 1.06 bits per heavy atom. The van der Waals surface area contributed by atoms with E-state index in [0.29, 0.717) is 16.7 Å². The van der Waals surface area contributed by atoms with Crippen molar-refractivity contribution >= 4 is 51.8 Å². The van der Waals surface area contributed by atoms with Gasteiger partial charge in [-0.05, 0) is 47.6 Å². The molecule has 0 radical (unpaired) electrons. The monoisotopic (exact) mass is 515 g/mol. The molecule has 13 heteroatoms. The van der Waals surface area contributed by atoms with Crippen LogP contribution >= 0.6 is 35.0 Å². The highest BCUT2D eigenvalue weighted by Gasteiger charge is 2.22. The minimum Gasteiger partial charge on any atom is -0.354 e. The number of nitrogens with one attached hydrogen (secondary N) is 1. The zero-order valence-electron chi connectivity index (χ0n) is 17.4. The van der Waals surface area contributed by atoms with E-state index in [-0.39, 0.29) is 27.3 Å². The summed E-state index contributed by atoms with van der Waals surface area (Å²) in [5.74, 6) is 1.50. The van der Waals surface area contributed by atoms with Crippen LogP contribution in [0.1, 0.15) is 18.9 Å². The maximum atomic E-state index is 12.7. The Kier molecular flexibility index (Phi) is 5.81. The summed E-state index contributed by atoms with van der Waals surface area (Å²) in [6.45, 7) is 7.05. The normalized spacial score (nSPS) is 14.4. The zero-order chi connectivity index (χ0) is 24.0. The van der Waals surface area contributed by atoms with Crippen LogP contribution in [0.15, 0.2) is 44.8 Å². The number of rotatable bonds is 3. The summed E-state index contributed by atoms with van der Waals surface area (Å²) in [5, 5.41) is 8.55. The molecule has 1 saturated heterocycles. The first kappa shape index (κ1) is 22.5. The molecule has 4 heterocycles. The van der Waals surface area contributed by atoms with Gasteiger partial charge in [0, 0.05) is 12.1 Å². The third kappa shape index (κ3) is 3.73. The van der Waals surface area contributed by atoms with Crippen molar-refractivity contribution in [3.8, 4) is 11.4 Å². The van der Waals surface area contributed by atoms with Crippen LogP contribution in [0.3, 0.4) is 0 Å². The molecule has 0 amide bonds. The van der Waals surface area contributed by atoms with Gasteiger partial charge in [-0.2, -0.15) is 16.9 Å². The predicted molar refractivity (Wildman–Crippen MR) is 131 cm³/mol. The van der Waals surface area contributed by atoms with E-state index in [1.54, 1.807) is 21.5 Å². The molecule has 1 aliphatic heterocycles. The van der Waals surface area contributed by atoms with Crippen LogP contribution < -0.4 is 16.8 Å². The van der Waals surface area contributed by atoms with Gasteiger partial charge in [-0.15, -0.1) is 4.68 Å². The summed E-state index contributed by atoms with van der Waals surface area (Å²) in [6, 6.07) is 6.15. The van der Waals surface area contributed by atoms with E-state index in [9.17, 15) is 14.4 Å². The summed E-state index contributed by atoms with van der Waals surface area (Å²) in [6.07, 6.45) is 3.42. The van der Waals surface area contributed by atoms with Crippen molar-refractivity contribution in [3.05, 3.63) is 83.1 Å². The Hall–Kier alpha value is -3.33. The second kappa shape index (κ2) is 8.79. The molecular weight excluding hydrogens is 501 g/mol. The summed E-state index contributed by atoms with van der Waals surface area (Å²) in [5.41, 5.74) is 0.0555. The molecule has 0 spiro atoms. The van der Waals surface area contributed by atoms with Gasteiger partial charge in [0.2, 0.25) is 0 Å². The lowest BCUT2D eigenvalue weighted by molar-refractivity contribution is 0.470. The average Bonchev–Trinajstić information content (AvgIpc) is 3.22. The lowest BCUT2D eigenvalue weighted by Crippen LogP contribution is -2.30. The number of fused-ring (bicyclic) bond motifs is 1. The Bertz CT molecular complexity index is 1640. The third-order valence-electron chi connectivity index (χ3n) is 5.60. The molecule has 3 aromatic heterocycles. The van der Waals surface area contributed by atoms with Gasteiger partial charge in [0.1, 0.15) is 5.69 Å². The number of hydrogen-bond acceptors (Lipinski definition) is 6. The molecule has 0 saturated carbocycles. The first-order valence-corrected chi connectivity index (χ1v) is 12.1. The first-order valence-electron chi connectivity index (χ1n) is 10.2. The summed E-state index contributed by atoms with van der Waals surface area (Å²) in [7, 11) is 0. The number of thioether (sulfide) groups is 1. The average molecular weight is 516 g/mol. The molecule has 1 fully saturated rings. The minimum atomic E-state index is -0.879. The maximum absolute atomic E-state index is 12.7. The van der Waals surface area contributed by atoms with Gasteiger partial charge in [0.25, 0.3) is 11.1 Å². The van der Waals surface area contributed by atoms with Crippen molar-refractivity contribution in [3.63, 3.8) is 0 Å². The lowest BCUT2D eigenvalue weighted by atomic mass is 10.1. The van der Waals surface area contributed by atoms with Crippen molar-refractivity contribution < 1.29 is 0 Å². The second-order valence-corrected chi connectivity index (χ2v) is 9.62. The number of nitrogens with zero attached hydrogens (tertiary/aromatic N) is 6. The number of aromatic nitrogens is 6. The predicted octanol–water partition coefficient (Wildman–Crippen LogP) is 3.35. The Morgan fingerprint density at radius 3 is 2.44 bits per heavy atom. The first-order chi connectivity index (χ1) is 16.4. The fourth-order valence-corrected chi connectivity index (χ4v) is 5.77. The fraction of sp³-hybridized carbons (Fsp3) is 0.238. The van der Waals surface area contributed by atoms with E-state index in [2.05, 4.69) is 15.0 Å². The number of benzene rings is 1. The number of aromatic amines is 1. The molecule has 0 aliphatic carbocycles. The molecule has 1 aromatic carbocycles. The Balaban J connectivity index is 1.66. The molecule has 4 aromatic rings. The van der Waals surface area contributed by atoms with Gasteiger partial charge >= 0.3 is 11.5 Å². The highest BCUT2D eigenvalue weighted by atomic mass is 35.5. The minimum absolute atomic E-state index is 0.0874. The van der Waals surface area contributed by atoms with E-state index in [0.717, 1.165) is 29.0 Å². The topological polar surface area (TPSA) is 112 Å². The molecule has 10 nitrogen and oxygen atoms in total. The van der Waals surface area contributed by atoms with Crippen molar-refractivity contribution in [1.82, 2.24) is 29.1 Å². The molecule has 0 unspecified atom stereocenters. The number of H-pyrrole nitrogens is 1. The van der Waals surface area contributed by atoms with Gasteiger partial charge in [-0.1, -0.05) is 29.8 Å². The van der Waals surface area contributed by atoms with Gasteiger partial charge in [-0.3, -0.25) is 14.6 Å². The summed E-state index contributed by atoms with van der Waals surface area (Å²) < 4.78 is 4.17. The largest absolute Gasteiger partial charge is 0.365 e. The van der Waals surface area contributed by atoms with E-state index >= 15 is 0 Å². The van der Waals surface area contributed by atoms with Gasteiger partial charge in [0.05, 0.1) is 33.0 Å². The van der Waals surface area contributed by atoms with E-state index in [1.807, 2.05) is 16.7 Å². The second-order valence-electron chi connectivity index (χ2n) is 7.58. The summed E-state index contributed by atoms with van der Waals surface area (Å²) >= 11 is 15.0. The lowest BCUT2D eigenvalue weighted by Gasteiger charge is -2.24. The van der Waals surface area contributed by atoms with Crippen LogP contribution in [0.4, 0.5) is 5.82 Å². The third-order valence-corrected chi connectivity index (χ3v) is 7.22. The molecule has 0 bridgehead atoms. The van der Waals surface area contributed by atoms with Crippen LogP contribution in [0.25, 0.3) is 27.3 Å². The molecule has 1 aliphatic rings. The Morgan fingerprint density at radius 2 is 1.76 bits per heavy atom. The highest BCUT2D eigenvalue weighted by molar-refractivity contribution is 7.99. The van der Waals surface area contributed by atoms with E-state index < -0.39 is 17.1 Å². The molecule has 0 atom stereocenters. The number of pyridine rings is 1. The van der Waals surface area contributed by atoms with Crippen molar-refractivity contribution in [1.29, 1.82) is 0 Å². The quantitative estimate of drug-likeness (QED) is 0.418. The van der Waals surface area contributed by atoms with Crippen LogP contribution in [0.5, 0.6) is 0 Å². The van der Waals surface area contributed by atoms with Crippen LogP contribution in [-0.2, 0) is 0 Å². The van der Waals surface area contributed by atoms with Gasteiger partial charge in [-0.25, -0.2) is 9.48 Å². The van der Waals surface area contributed by atoms with E-state index in [4.69, 9.17) is 29.8 Å².